The predicted molar refractivity (Wildman–Crippen MR) is 59.6 cm³/mol. The lowest BCUT2D eigenvalue weighted by Gasteiger charge is -2.19. The maximum atomic E-state index is 11.2. The fourth-order valence-electron chi connectivity index (χ4n) is 1.68. The lowest BCUT2D eigenvalue weighted by molar-refractivity contribution is -0.116. The van der Waals surface area contributed by atoms with Crippen molar-refractivity contribution in [3.8, 4) is 5.75 Å². The van der Waals surface area contributed by atoms with Crippen LogP contribution >= 0.6 is 11.6 Å². The fourth-order valence-corrected chi connectivity index (χ4v) is 1.75. The predicted octanol–water partition coefficient (Wildman–Crippen LogP) is 2.19. The molecule has 0 atom stereocenters. The number of anilines is 1. The number of carbonyl (C=O) groups is 1. The highest BCUT2D eigenvalue weighted by atomic mass is 35.5. The highest BCUT2D eigenvalue weighted by molar-refractivity contribution is 6.18. The van der Waals surface area contributed by atoms with E-state index < -0.39 is 0 Å². The van der Waals surface area contributed by atoms with Crippen molar-refractivity contribution in [3.63, 3.8) is 0 Å². The van der Waals surface area contributed by atoms with Gasteiger partial charge in [0.05, 0.1) is 5.88 Å². The van der Waals surface area contributed by atoms with E-state index in [1.54, 1.807) is 0 Å². The van der Waals surface area contributed by atoms with Crippen molar-refractivity contribution in [1.82, 2.24) is 0 Å². The molecule has 0 bridgehead atoms. The molecule has 0 radical (unpaired) electrons. The summed E-state index contributed by atoms with van der Waals surface area (Å²) in [6.07, 6.45) is 1.26. The third kappa shape index (κ3) is 2.23. The van der Waals surface area contributed by atoms with Crippen LogP contribution in [-0.2, 0) is 11.2 Å². The molecule has 1 aromatic carbocycles. The zero-order chi connectivity index (χ0) is 10.7. The number of benzene rings is 1. The lowest BCUT2D eigenvalue weighted by Crippen LogP contribution is -2.19. The molecule has 15 heavy (non-hydrogen) atoms. The monoisotopic (exact) mass is 225 g/mol. The second kappa shape index (κ2) is 4.53. The molecule has 1 N–H and O–H groups in total. The largest absolute Gasteiger partial charge is 0.492 e. The van der Waals surface area contributed by atoms with Gasteiger partial charge in [-0.2, -0.15) is 0 Å². The molecule has 0 aromatic heterocycles. The Bertz CT molecular complexity index is 379. The second-order valence-corrected chi connectivity index (χ2v) is 3.75. The number of ether oxygens (including phenoxy) is 1. The van der Waals surface area contributed by atoms with Crippen LogP contribution in [-0.4, -0.2) is 18.4 Å². The summed E-state index contributed by atoms with van der Waals surface area (Å²) in [4.78, 5) is 11.2. The van der Waals surface area contributed by atoms with Crippen LogP contribution in [0.4, 0.5) is 5.69 Å². The van der Waals surface area contributed by atoms with Gasteiger partial charge < -0.3 is 10.1 Å². The van der Waals surface area contributed by atoms with E-state index in [1.165, 1.54) is 0 Å². The van der Waals surface area contributed by atoms with Crippen LogP contribution in [0.15, 0.2) is 18.2 Å². The molecule has 2 rings (SSSR count). The molecular weight excluding hydrogens is 214 g/mol. The molecule has 0 saturated carbocycles. The summed E-state index contributed by atoms with van der Waals surface area (Å²) in [6, 6.07) is 5.66. The van der Waals surface area contributed by atoms with Crippen LogP contribution in [0.2, 0.25) is 0 Å². The van der Waals surface area contributed by atoms with Gasteiger partial charge in [0.2, 0.25) is 5.91 Å². The minimum absolute atomic E-state index is 0.0667. The van der Waals surface area contributed by atoms with Gasteiger partial charge in [-0.3, -0.25) is 4.79 Å². The number of rotatable bonds is 3. The summed E-state index contributed by atoms with van der Waals surface area (Å²) in [5, 5.41) is 2.82. The Hall–Kier alpha value is -1.22. The Morgan fingerprint density at radius 1 is 1.40 bits per heavy atom. The average molecular weight is 226 g/mol. The summed E-state index contributed by atoms with van der Waals surface area (Å²) in [5.41, 5.74) is 1.93. The topological polar surface area (TPSA) is 38.3 Å². The Morgan fingerprint density at radius 2 is 2.27 bits per heavy atom. The zero-order valence-corrected chi connectivity index (χ0v) is 9.01. The SMILES string of the molecule is O=C1CCc2c(cccc2OCCCl)N1. The molecule has 0 fully saturated rings. The zero-order valence-electron chi connectivity index (χ0n) is 8.25. The van der Waals surface area contributed by atoms with Gasteiger partial charge in [-0.1, -0.05) is 6.07 Å². The molecule has 0 spiro atoms. The maximum absolute atomic E-state index is 11.2. The van der Waals surface area contributed by atoms with Crippen LogP contribution in [0.3, 0.4) is 0 Å². The minimum Gasteiger partial charge on any atom is -0.492 e. The number of hydrogen-bond acceptors (Lipinski definition) is 2. The summed E-state index contributed by atoms with van der Waals surface area (Å²) in [6.45, 7) is 0.492. The summed E-state index contributed by atoms with van der Waals surface area (Å²) in [7, 11) is 0. The lowest BCUT2D eigenvalue weighted by atomic mass is 10.0. The first kappa shape index (κ1) is 10.3. The van der Waals surface area contributed by atoms with Gasteiger partial charge in [0, 0.05) is 17.7 Å². The Balaban J connectivity index is 2.25. The van der Waals surface area contributed by atoms with E-state index in [0.29, 0.717) is 18.9 Å². The molecule has 0 aliphatic carbocycles. The first-order valence-corrected chi connectivity index (χ1v) is 5.45. The van der Waals surface area contributed by atoms with Crippen LogP contribution in [0.1, 0.15) is 12.0 Å². The highest BCUT2D eigenvalue weighted by Gasteiger charge is 2.17. The minimum atomic E-state index is 0.0667. The third-order valence-corrected chi connectivity index (χ3v) is 2.50. The van der Waals surface area contributed by atoms with Gasteiger partial charge in [-0.05, 0) is 18.6 Å². The normalized spacial score (nSPS) is 14.3. The first-order valence-electron chi connectivity index (χ1n) is 4.92. The quantitative estimate of drug-likeness (QED) is 0.801. The van der Waals surface area contributed by atoms with Gasteiger partial charge in [0.1, 0.15) is 12.4 Å². The van der Waals surface area contributed by atoms with Crippen LogP contribution in [0.25, 0.3) is 0 Å². The molecule has 4 heteroatoms. The number of carbonyl (C=O) groups excluding carboxylic acids is 1. The second-order valence-electron chi connectivity index (χ2n) is 3.37. The molecule has 1 amide bonds. The maximum Gasteiger partial charge on any atom is 0.224 e. The van der Waals surface area contributed by atoms with Crippen molar-refractivity contribution in [1.29, 1.82) is 0 Å². The van der Waals surface area contributed by atoms with Gasteiger partial charge in [0.15, 0.2) is 0 Å². The van der Waals surface area contributed by atoms with Crippen molar-refractivity contribution < 1.29 is 9.53 Å². The van der Waals surface area contributed by atoms with E-state index in [-0.39, 0.29) is 5.91 Å². The van der Waals surface area contributed by atoms with Gasteiger partial charge in [-0.15, -0.1) is 11.6 Å². The van der Waals surface area contributed by atoms with E-state index in [0.717, 1.165) is 23.4 Å². The summed E-state index contributed by atoms with van der Waals surface area (Å²) >= 11 is 5.56. The highest BCUT2D eigenvalue weighted by Crippen LogP contribution is 2.30. The molecule has 3 nitrogen and oxygen atoms in total. The third-order valence-electron chi connectivity index (χ3n) is 2.34. The standard InChI is InChI=1S/C11H12ClNO2/c12-6-7-15-10-3-1-2-9-8(10)4-5-11(14)13-9/h1-3H,4-7H2,(H,13,14). The molecule has 0 saturated heterocycles. The van der Waals surface area contributed by atoms with Gasteiger partial charge >= 0.3 is 0 Å². The number of nitrogens with one attached hydrogen (secondary N) is 1. The van der Waals surface area contributed by atoms with Crippen LogP contribution in [0.5, 0.6) is 5.75 Å². The van der Waals surface area contributed by atoms with Crippen molar-refractivity contribution in [2.45, 2.75) is 12.8 Å². The molecule has 0 unspecified atom stereocenters. The molecular formula is C11H12ClNO2. The molecule has 80 valence electrons. The number of amides is 1. The summed E-state index contributed by atoms with van der Waals surface area (Å²) < 4.78 is 5.51. The van der Waals surface area contributed by atoms with E-state index in [1.807, 2.05) is 18.2 Å². The van der Waals surface area contributed by atoms with Crippen molar-refractivity contribution in [3.05, 3.63) is 23.8 Å². The molecule has 1 aromatic rings. The van der Waals surface area contributed by atoms with Crippen molar-refractivity contribution in [2.24, 2.45) is 0 Å². The van der Waals surface area contributed by atoms with E-state index in [4.69, 9.17) is 16.3 Å². The summed E-state index contributed by atoms with van der Waals surface area (Å²) in [5.74, 6) is 1.36. The number of fused-ring (bicyclic) bond motifs is 1. The fraction of sp³-hybridized carbons (Fsp3) is 0.364. The van der Waals surface area contributed by atoms with Crippen LogP contribution < -0.4 is 10.1 Å². The first-order chi connectivity index (χ1) is 7.31. The number of halogens is 1. The molecule has 1 aliphatic rings. The van der Waals surface area contributed by atoms with Gasteiger partial charge in [-0.25, -0.2) is 0 Å². The van der Waals surface area contributed by atoms with E-state index in [9.17, 15) is 4.79 Å². The van der Waals surface area contributed by atoms with E-state index >= 15 is 0 Å². The van der Waals surface area contributed by atoms with Crippen molar-refractivity contribution in [2.75, 3.05) is 17.8 Å². The Morgan fingerprint density at radius 3 is 3.07 bits per heavy atom. The van der Waals surface area contributed by atoms with E-state index in [2.05, 4.69) is 5.32 Å². The number of alkyl halides is 1. The Labute approximate surface area is 93.4 Å². The average Bonchev–Trinajstić information content (AvgIpc) is 2.25. The molecule has 1 heterocycles. The molecule has 1 aliphatic heterocycles. The van der Waals surface area contributed by atoms with Crippen LogP contribution in [0, 0.1) is 0 Å². The smallest absolute Gasteiger partial charge is 0.224 e. The van der Waals surface area contributed by atoms with Gasteiger partial charge in [0.25, 0.3) is 0 Å². The van der Waals surface area contributed by atoms with Crippen molar-refractivity contribution >= 4 is 23.2 Å². The Kier molecular flexibility index (Phi) is 3.11. The number of hydrogen-bond donors (Lipinski definition) is 1.